The first-order chi connectivity index (χ1) is 9.74. The predicted molar refractivity (Wildman–Crippen MR) is 79.1 cm³/mol. The number of fused-ring (bicyclic) bond motifs is 1. The number of nitrogens with zero attached hydrogens (tertiary/aromatic N) is 2. The monoisotopic (exact) mass is 265 g/mol. The quantitative estimate of drug-likeness (QED) is 0.763. The number of aliphatic hydroxyl groups is 1. The summed E-state index contributed by atoms with van der Waals surface area (Å²) in [4.78, 5) is 8.32. The molecule has 0 bridgehead atoms. The first-order valence-corrected chi connectivity index (χ1v) is 6.46. The van der Waals surface area contributed by atoms with E-state index in [0.29, 0.717) is 12.2 Å². The molecule has 1 unspecified atom stereocenters. The van der Waals surface area contributed by atoms with Gasteiger partial charge in [0.05, 0.1) is 11.6 Å². The van der Waals surface area contributed by atoms with Crippen LogP contribution in [0.25, 0.3) is 10.9 Å². The normalized spacial score (nSPS) is 12.4. The first kappa shape index (κ1) is 12.6. The lowest BCUT2D eigenvalue weighted by Gasteiger charge is -2.13. The molecule has 2 heterocycles. The van der Waals surface area contributed by atoms with E-state index in [9.17, 15) is 5.11 Å². The van der Waals surface area contributed by atoms with E-state index in [0.717, 1.165) is 22.0 Å². The molecule has 0 amide bonds. The third-order valence-electron chi connectivity index (χ3n) is 3.30. The second-order valence-corrected chi connectivity index (χ2v) is 4.73. The fourth-order valence-corrected chi connectivity index (χ4v) is 2.35. The van der Waals surface area contributed by atoms with E-state index >= 15 is 0 Å². The van der Waals surface area contributed by atoms with Gasteiger partial charge in [-0.1, -0.05) is 24.3 Å². The summed E-state index contributed by atoms with van der Waals surface area (Å²) in [6.45, 7) is 0. The molecule has 1 aromatic carbocycles. The molecule has 0 fully saturated rings. The van der Waals surface area contributed by atoms with Crippen LogP contribution >= 0.6 is 0 Å². The van der Waals surface area contributed by atoms with Gasteiger partial charge >= 0.3 is 0 Å². The predicted octanol–water partition coefficient (Wildman–Crippen LogP) is 2.49. The number of para-hydroxylation sites is 1. The number of hydrogen-bond donors (Lipinski definition) is 2. The third kappa shape index (κ3) is 2.46. The topological polar surface area (TPSA) is 72.0 Å². The van der Waals surface area contributed by atoms with Crippen LogP contribution in [0.5, 0.6) is 0 Å². The van der Waals surface area contributed by atoms with Crippen molar-refractivity contribution in [3.63, 3.8) is 0 Å². The molecule has 0 aliphatic rings. The summed E-state index contributed by atoms with van der Waals surface area (Å²) in [6.07, 6.45) is 3.26. The van der Waals surface area contributed by atoms with Crippen molar-refractivity contribution in [1.29, 1.82) is 0 Å². The van der Waals surface area contributed by atoms with Gasteiger partial charge in [0, 0.05) is 29.8 Å². The molecule has 3 N–H and O–H groups in total. The lowest BCUT2D eigenvalue weighted by molar-refractivity contribution is 0.180. The summed E-state index contributed by atoms with van der Waals surface area (Å²) in [6, 6.07) is 13.3. The minimum absolute atomic E-state index is 0.464. The van der Waals surface area contributed by atoms with Gasteiger partial charge in [-0.3, -0.25) is 4.98 Å². The van der Waals surface area contributed by atoms with Gasteiger partial charge in [-0.2, -0.15) is 0 Å². The maximum atomic E-state index is 10.5. The highest BCUT2D eigenvalue weighted by Crippen LogP contribution is 2.25. The smallest absolute Gasteiger partial charge is 0.123 e. The van der Waals surface area contributed by atoms with Gasteiger partial charge in [0.2, 0.25) is 0 Å². The Hall–Kier alpha value is -2.46. The van der Waals surface area contributed by atoms with Crippen LogP contribution in [-0.2, 0) is 6.42 Å². The van der Waals surface area contributed by atoms with Crippen LogP contribution < -0.4 is 5.73 Å². The molecule has 0 spiro atoms. The van der Waals surface area contributed by atoms with Gasteiger partial charge in [-0.05, 0) is 23.8 Å². The summed E-state index contributed by atoms with van der Waals surface area (Å²) in [5.74, 6) is 0.464. The second-order valence-electron chi connectivity index (χ2n) is 4.73. The van der Waals surface area contributed by atoms with Gasteiger partial charge < -0.3 is 10.8 Å². The van der Waals surface area contributed by atoms with Crippen molar-refractivity contribution in [2.24, 2.45) is 0 Å². The number of benzene rings is 1. The minimum Gasteiger partial charge on any atom is -0.388 e. The number of aromatic nitrogens is 2. The van der Waals surface area contributed by atoms with Crippen LogP contribution in [-0.4, -0.2) is 15.1 Å². The maximum absolute atomic E-state index is 10.5. The van der Waals surface area contributed by atoms with Gasteiger partial charge in [-0.25, -0.2) is 4.98 Å². The van der Waals surface area contributed by atoms with Crippen LogP contribution in [0.1, 0.15) is 17.2 Å². The molecule has 0 aliphatic carbocycles. The molecule has 0 saturated carbocycles. The van der Waals surface area contributed by atoms with Crippen LogP contribution in [0.15, 0.2) is 54.9 Å². The van der Waals surface area contributed by atoms with Gasteiger partial charge in [0.1, 0.15) is 5.82 Å². The van der Waals surface area contributed by atoms with Crippen molar-refractivity contribution < 1.29 is 5.11 Å². The number of rotatable bonds is 3. The molecular weight excluding hydrogens is 250 g/mol. The maximum Gasteiger partial charge on any atom is 0.123 e. The SMILES string of the molecule is Nc1cc(CC(O)c2cccc3cccnc23)ccn1. The Kier molecular flexibility index (Phi) is 3.31. The molecule has 3 aromatic rings. The molecule has 2 aromatic heterocycles. The fourth-order valence-electron chi connectivity index (χ4n) is 2.35. The van der Waals surface area contributed by atoms with Crippen LogP contribution in [0.4, 0.5) is 5.82 Å². The molecule has 3 rings (SSSR count). The molecule has 100 valence electrons. The van der Waals surface area contributed by atoms with E-state index in [2.05, 4.69) is 9.97 Å². The van der Waals surface area contributed by atoms with Crippen LogP contribution in [0.3, 0.4) is 0 Å². The van der Waals surface area contributed by atoms with Crippen molar-refractivity contribution >= 4 is 16.7 Å². The summed E-state index contributed by atoms with van der Waals surface area (Å²) < 4.78 is 0. The van der Waals surface area contributed by atoms with Crippen LogP contribution in [0, 0.1) is 0 Å². The number of nitrogens with two attached hydrogens (primary N) is 1. The summed E-state index contributed by atoms with van der Waals surface area (Å²) in [5.41, 5.74) is 8.28. The Labute approximate surface area is 116 Å². The Morgan fingerprint density at radius 2 is 1.90 bits per heavy atom. The zero-order valence-electron chi connectivity index (χ0n) is 10.9. The van der Waals surface area contributed by atoms with E-state index in [4.69, 9.17) is 5.73 Å². The highest BCUT2D eigenvalue weighted by Gasteiger charge is 2.13. The third-order valence-corrected chi connectivity index (χ3v) is 3.30. The molecule has 0 saturated heterocycles. The number of pyridine rings is 2. The molecule has 1 atom stereocenters. The van der Waals surface area contributed by atoms with Crippen molar-refractivity contribution in [2.75, 3.05) is 5.73 Å². The highest BCUT2D eigenvalue weighted by atomic mass is 16.3. The number of nitrogen functional groups attached to an aromatic ring is 1. The van der Waals surface area contributed by atoms with E-state index in [-0.39, 0.29) is 0 Å². The Morgan fingerprint density at radius 3 is 2.75 bits per heavy atom. The van der Waals surface area contributed by atoms with E-state index in [1.165, 1.54) is 0 Å². The minimum atomic E-state index is -0.615. The summed E-state index contributed by atoms with van der Waals surface area (Å²) >= 11 is 0. The average molecular weight is 265 g/mol. The van der Waals surface area contributed by atoms with Crippen molar-refractivity contribution in [3.05, 3.63) is 66.0 Å². The average Bonchev–Trinajstić information content (AvgIpc) is 2.46. The highest BCUT2D eigenvalue weighted by molar-refractivity contribution is 5.81. The largest absolute Gasteiger partial charge is 0.388 e. The molecule has 0 radical (unpaired) electrons. The molecular formula is C16H15N3O. The zero-order chi connectivity index (χ0) is 13.9. The van der Waals surface area contributed by atoms with Gasteiger partial charge in [0.25, 0.3) is 0 Å². The standard InChI is InChI=1S/C16H15N3O/c17-15-10-11(6-8-18-15)9-14(20)13-5-1-3-12-4-2-7-19-16(12)13/h1-8,10,14,20H,9H2,(H2,17,18). The van der Waals surface area contributed by atoms with Crippen LogP contribution in [0.2, 0.25) is 0 Å². The van der Waals surface area contributed by atoms with Gasteiger partial charge in [-0.15, -0.1) is 0 Å². The van der Waals surface area contributed by atoms with Gasteiger partial charge in [0.15, 0.2) is 0 Å². The second kappa shape index (κ2) is 5.27. The van der Waals surface area contributed by atoms with Crippen molar-refractivity contribution in [3.8, 4) is 0 Å². The number of anilines is 1. The number of aliphatic hydroxyl groups excluding tert-OH is 1. The molecule has 4 heteroatoms. The molecule has 4 nitrogen and oxygen atoms in total. The summed E-state index contributed by atoms with van der Waals surface area (Å²) in [7, 11) is 0. The van der Waals surface area contributed by atoms with Crippen molar-refractivity contribution in [2.45, 2.75) is 12.5 Å². The van der Waals surface area contributed by atoms with E-state index in [1.807, 2.05) is 36.4 Å². The Bertz CT molecular complexity index is 737. The molecule has 0 aliphatic heterocycles. The summed E-state index contributed by atoms with van der Waals surface area (Å²) in [5, 5.41) is 11.5. The Balaban J connectivity index is 1.94. The zero-order valence-corrected chi connectivity index (χ0v) is 10.9. The van der Waals surface area contributed by atoms with E-state index < -0.39 is 6.10 Å². The fraction of sp³-hybridized carbons (Fsp3) is 0.125. The first-order valence-electron chi connectivity index (χ1n) is 6.46. The lowest BCUT2D eigenvalue weighted by atomic mass is 9.99. The Morgan fingerprint density at radius 1 is 1.05 bits per heavy atom. The van der Waals surface area contributed by atoms with Crippen molar-refractivity contribution in [1.82, 2.24) is 9.97 Å². The van der Waals surface area contributed by atoms with E-state index in [1.54, 1.807) is 18.5 Å². The lowest BCUT2D eigenvalue weighted by Crippen LogP contribution is -2.04. The molecule has 20 heavy (non-hydrogen) atoms. The number of hydrogen-bond acceptors (Lipinski definition) is 4.